The minimum absolute atomic E-state index is 0.000596. The van der Waals surface area contributed by atoms with Crippen LogP contribution in [0.4, 0.5) is 10.1 Å². The lowest BCUT2D eigenvalue weighted by Gasteiger charge is -2.10. The SMILES string of the molecule is Cc1ccc(NC(=O)CSCC(=O)NNC(=O)COc2ccc(F)cc2)c(C)c1. The number of hydrazine groups is 1. The second-order valence-electron chi connectivity index (χ2n) is 6.20. The molecule has 0 fully saturated rings. The third-order valence-electron chi connectivity index (χ3n) is 3.65. The number of benzene rings is 2. The van der Waals surface area contributed by atoms with Crippen LogP contribution in [0.25, 0.3) is 0 Å². The summed E-state index contributed by atoms with van der Waals surface area (Å²) in [4.78, 5) is 35.3. The maximum absolute atomic E-state index is 12.8. The molecule has 29 heavy (non-hydrogen) atoms. The first-order valence-corrected chi connectivity index (χ1v) is 9.90. The Morgan fingerprint density at radius 1 is 0.931 bits per heavy atom. The molecule has 0 bridgehead atoms. The fraction of sp³-hybridized carbons (Fsp3) is 0.250. The largest absolute Gasteiger partial charge is 0.484 e. The first-order valence-electron chi connectivity index (χ1n) is 8.74. The summed E-state index contributed by atoms with van der Waals surface area (Å²) >= 11 is 1.12. The summed E-state index contributed by atoms with van der Waals surface area (Å²) < 4.78 is 17.9. The number of aryl methyl sites for hydroxylation is 2. The lowest BCUT2D eigenvalue weighted by molar-refractivity contribution is -0.128. The Labute approximate surface area is 172 Å². The summed E-state index contributed by atoms with van der Waals surface area (Å²) in [5, 5.41) is 2.80. The van der Waals surface area contributed by atoms with Crippen molar-refractivity contribution in [2.45, 2.75) is 13.8 Å². The van der Waals surface area contributed by atoms with Crippen LogP contribution >= 0.6 is 11.8 Å². The molecular weight excluding hydrogens is 397 g/mol. The standard InChI is InChI=1S/C20H22FN3O4S/c1-13-3-8-17(14(2)9-13)22-19(26)11-29-12-20(27)24-23-18(25)10-28-16-6-4-15(21)5-7-16/h3-9H,10-12H2,1-2H3,(H,22,26)(H,23,25)(H,24,27). The Bertz CT molecular complexity index is 875. The molecule has 0 unspecified atom stereocenters. The van der Waals surface area contributed by atoms with E-state index in [2.05, 4.69) is 16.2 Å². The minimum Gasteiger partial charge on any atom is -0.484 e. The van der Waals surface area contributed by atoms with Gasteiger partial charge in [0.15, 0.2) is 6.61 Å². The first-order chi connectivity index (χ1) is 13.8. The molecule has 7 nitrogen and oxygen atoms in total. The van der Waals surface area contributed by atoms with Crippen molar-refractivity contribution in [1.29, 1.82) is 0 Å². The van der Waals surface area contributed by atoms with Gasteiger partial charge in [-0.05, 0) is 49.7 Å². The molecule has 0 saturated carbocycles. The van der Waals surface area contributed by atoms with E-state index in [1.807, 2.05) is 32.0 Å². The summed E-state index contributed by atoms with van der Waals surface area (Å²) in [5.74, 6) is -1.22. The van der Waals surface area contributed by atoms with Crippen molar-refractivity contribution in [2.75, 3.05) is 23.4 Å². The van der Waals surface area contributed by atoms with Gasteiger partial charge in [-0.15, -0.1) is 11.8 Å². The average molecular weight is 419 g/mol. The van der Waals surface area contributed by atoms with Crippen molar-refractivity contribution in [1.82, 2.24) is 10.9 Å². The molecule has 154 valence electrons. The van der Waals surface area contributed by atoms with Crippen molar-refractivity contribution < 1.29 is 23.5 Å². The molecule has 0 saturated heterocycles. The second kappa shape index (κ2) is 11.1. The molecule has 0 aromatic heterocycles. The number of anilines is 1. The van der Waals surface area contributed by atoms with Gasteiger partial charge in [-0.2, -0.15) is 0 Å². The van der Waals surface area contributed by atoms with Gasteiger partial charge >= 0.3 is 0 Å². The highest BCUT2D eigenvalue weighted by molar-refractivity contribution is 8.00. The molecule has 3 amide bonds. The number of halogens is 1. The number of thioether (sulfide) groups is 1. The predicted octanol–water partition coefficient (Wildman–Crippen LogP) is 2.34. The van der Waals surface area contributed by atoms with Crippen LogP contribution in [0.15, 0.2) is 42.5 Å². The normalized spacial score (nSPS) is 10.2. The fourth-order valence-electron chi connectivity index (χ4n) is 2.27. The number of ether oxygens (including phenoxy) is 1. The highest BCUT2D eigenvalue weighted by atomic mass is 32.2. The molecule has 0 heterocycles. The zero-order valence-corrected chi connectivity index (χ0v) is 16.9. The van der Waals surface area contributed by atoms with Crippen LogP contribution in [-0.2, 0) is 14.4 Å². The third-order valence-corrected chi connectivity index (χ3v) is 4.58. The Balaban J connectivity index is 1.60. The van der Waals surface area contributed by atoms with Gasteiger partial charge < -0.3 is 10.1 Å². The number of rotatable bonds is 8. The van der Waals surface area contributed by atoms with E-state index in [0.29, 0.717) is 5.75 Å². The van der Waals surface area contributed by atoms with Crippen molar-refractivity contribution in [3.63, 3.8) is 0 Å². The molecule has 2 rings (SSSR count). The van der Waals surface area contributed by atoms with Crippen LogP contribution in [0.3, 0.4) is 0 Å². The number of carbonyl (C=O) groups excluding carboxylic acids is 3. The molecule has 2 aromatic rings. The average Bonchev–Trinajstić information content (AvgIpc) is 2.68. The Hall–Kier alpha value is -3.07. The molecule has 0 aliphatic rings. The number of hydrogen-bond acceptors (Lipinski definition) is 5. The Morgan fingerprint density at radius 2 is 1.59 bits per heavy atom. The van der Waals surface area contributed by atoms with Gasteiger partial charge in [-0.25, -0.2) is 4.39 Å². The van der Waals surface area contributed by atoms with E-state index in [4.69, 9.17) is 4.74 Å². The van der Waals surface area contributed by atoms with Crippen molar-refractivity contribution in [3.05, 3.63) is 59.4 Å². The van der Waals surface area contributed by atoms with Gasteiger partial charge in [-0.1, -0.05) is 17.7 Å². The van der Waals surface area contributed by atoms with E-state index in [9.17, 15) is 18.8 Å². The van der Waals surface area contributed by atoms with Gasteiger partial charge in [0, 0.05) is 5.69 Å². The summed E-state index contributed by atoms with van der Waals surface area (Å²) in [6.45, 7) is 3.55. The number of hydrogen-bond donors (Lipinski definition) is 3. The molecular formula is C20H22FN3O4S. The van der Waals surface area contributed by atoms with Crippen LogP contribution in [0.5, 0.6) is 5.75 Å². The topological polar surface area (TPSA) is 96.5 Å². The third kappa shape index (κ3) is 8.22. The van der Waals surface area contributed by atoms with Crippen molar-refractivity contribution >= 4 is 35.2 Å². The van der Waals surface area contributed by atoms with E-state index in [-0.39, 0.29) is 24.0 Å². The van der Waals surface area contributed by atoms with E-state index in [1.165, 1.54) is 24.3 Å². The van der Waals surface area contributed by atoms with Crippen molar-refractivity contribution in [3.8, 4) is 5.75 Å². The number of amides is 3. The van der Waals surface area contributed by atoms with Gasteiger partial charge in [0.25, 0.3) is 5.91 Å². The van der Waals surface area contributed by atoms with E-state index in [0.717, 1.165) is 28.6 Å². The molecule has 0 spiro atoms. The van der Waals surface area contributed by atoms with Gasteiger partial charge in [-0.3, -0.25) is 25.2 Å². The van der Waals surface area contributed by atoms with Crippen LogP contribution < -0.4 is 20.9 Å². The highest BCUT2D eigenvalue weighted by Crippen LogP contribution is 2.16. The molecule has 0 atom stereocenters. The zero-order chi connectivity index (χ0) is 21.2. The molecule has 0 aliphatic carbocycles. The molecule has 9 heteroatoms. The van der Waals surface area contributed by atoms with Crippen LogP contribution in [0, 0.1) is 19.7 Å². The summed E-state index contributed by atoms with van der Waals surface area (Å²) in [6, 6.07) is 10.9. The summed E-state index contributed by atoms with van der Waals surface area (Å²) in [6.07, 6.45) is 0. The maximum atomic E-state index is 12.8. The second-order valence-corrected chi connectivity index (χ2v) is 7.18. The van der Waals surface area contributed by atoms with Gasteiger partial charge in [0.2, 0.25) is 11.8 Å². The Morgan fingerprint density at radius 3 is 2.28 bits per heavy atom. The quantitative estimate of drug-likeness (QED) is 0.571. The highest BCUT2D eigenvalue weighted by Gasteiger charge is 2.09. The Kier molecular flexibility index (Phi) is 8.47. The first kappa shape index (κ1) is 22.2. The van der Waals surface area contributed by atoms with Crippen LogP contribution in [-0.4, -0.2) is 35.8 Å². The van der Waals surface area contributed by atoms with Gasteiger partial charge in [0.05, 0.1) is 11.5 Å². The van der Waals surface area contributed by atoms with E-state index < -0.39 is 17.6 Å². The van der Waals surface area contributed by atoms with Crippen LogP contribution in [0.1, 0.15) is 11.1 Å². The van der Waals surface area contributed by atoms with Crippen LogP contribution in [0.2, 0.25) is 0 Å². The lowest BCUT2D eigenvalue weighted by Crippen LogP contribution is -2.44. The van der Waals surface area contributed by atoms with E-state index in [1.54, 1.807) is 0 Å². The number of nitrogens with one attached hydrogen (secondary N) is 3. The molecule has 0 aliphatic heterocycles. The molecule has 0 radical (unpaired) electrons. The summed E-state index contributed by atoms with van der Waals surface area (Å²) in [5.41, 5.74) is 7.25. The van der Waals surface area contributed by atoms with E-state index >= 15 is 0 Å². The smallest absolute Gasteiger partial charge is 0.276 e. The van der Waals surface area contributed by atoms with Gasteiger partial charge in [0.1, 0.15) is 11.6 Å². The van der Waals surface area contributed by atoms with Crippen molar-refractivity contribution in [2.24, 2.45) is 0 Å². The predicted molar refractivity (Wildman–Crippen MR) is 110 cm³/mol. The fourth-order valence-corrected chi connectivity index (χ4v) is 2.89. The number of carbonyl (C=O) groups is 3. The zero-order valence-electron chi connectivity index (χ0n) is 16.1. The lowest BCUT2D eigenvalue weighted by atomic mass is 10.1. The summed E-state index contributed by atoms with van der Waals surface area (Å²) in [7, 11) is 0. The molecule has 2 aromatic carbocycles. The maximum Gasteiger partial charge on any atom is 0.276 e. The molecule has 3 N–H and O–H groups in total. The minimum atomic E-state index is -0.569. The monoisotopic (exact) mass is 419 g/mol.